The first-order chi connectivity index (χ1) is 13.8. The Hall–Kier alpha value is -3.24. The van der Waals surface area contributed by atoms with Crippen molar-refractivity contribution in [3.8, 4) is 0 Å². The molecule has 1 N–H and O–H groups in total. The molecule has 3 nitrogen and oxygen atoms in total. The average molecular weight is 382 g/mol. The van der Waals surface area contributed by atoms with E-state index in [0.29, 0.717) is 5.11 Å². The van der Waals surface area contributed by atoms with Crippen LogP contribution < -0.4 is 5.32 Å². The summed E-state index contributed by atoms with van der Waals surface area (Å²) in [6.45, 7) is 0. The number of fused-ring (bicyclic) bond motifs is 1. The molecule has 0 aromatic heterocycles. The summed E-state index contributed by atoms with van der Waals surface area (Å²) in [4.78, 5) is 0. The van der Waals surface area contributed by atoms with Crippen molar-refractivity contribution in [2.45, 2.75) is 12.0 Å². The minimum Gasteiger partial charge on any atom is -0.331 e. The highest BCUT2D eigenvalue weighted by molar-refractivity contribution is 7.80. The van der Waals surface area contributed by atoms with Crippen molar-refractivity contribution in [1.29, 1.82) is 0 Å². The van der Waals surface area contributed by atoms with Crippen LogP contribution >= 0.6 is 12.2 Å². The van der Waals surface area contributed by atoms with Crippen LogP contribution in [0.25, 0.3) is 5.70 Å². The molecular formula is C24H19N3S. The van der Waals surface area contributed by atoms with E-state index in [1.807, 2.05) is 47.5 Å². The summed E-state index contributed by atoms with van der Waals surface area (Å²) < 4.78 is 0. The lowest BCUT2D eigenvalue weighted by atomic mass is 9.82. The van der Waals surface area contributed by atoms with E-state index in [4.69, 9.17) is 17.3 Å². The SMILES string of the molecule is S=C1NC(c2ccccc2)=CC2(c3ccccc3)CC(c3ccccc3)=NN12. The van der Waals surface area contributed by atoms with Crippen LogP contribution in [0.3, 0.4) is 0 Å². The van der Waals surface area contributed by atoms with Gasteiger partial charge in [0.15, 0.2) is 5.11 Å². The number of hydrogen-bond donors (Lipinski definition) is 1. The quantitative estimate of drug-likeness (QED) is 0.653. The first-order valence-corrected chi connectivity index (χ1v) is 9.75. The first kappa shape index (κ1) is 16.9. The largest absolute Gasteiger partial charge is 0.331 e. The second-order valence-electron chi connectivity index (χ2n) is 7.05. The molecule has 136 valence electrons. The molecule has 2 aliphatic rings. The number of thiocarbonyl (C=S) groups is 1. The Kier molecular flexibility index (Phi) is 4.06. The van der Waals surface area contributed by atoms with Gasteiger partial charge in [0.1, 0.15) is 5.54 Å². The lowest BCUT2D eigenvalue weighted by Gasteiger charge is -2.40. The third-order valence-corrected chi connectivity index (χ3v) is 5.59. The van der Waals surface area contributed by atoms with Gasteiger partial charge >= 0.3 is 0 Å². The molecule has 5 rings (SSSR count). The van der Waals surface area contributed by atoms with Crippen LogP contribution in [0.1, 0.15) is 23.1 Å². The fourth-order valence-corrected chi connectivity index (χ4v) is 4.27. The average Bonchev–Trinajstić information content (AvgIpc) is 3.17. The van der Waals surface area contributed by atoms with Crippen LogP contribution in [0.5, 0.6) is 0 Å². The van der Waals surface area contributed by atoms with E-state index in [1.165, 1.54) is 5.56 Å². The second-order valence-corrected chi connectivity index (χ2v) is 7.43. The smallest absolute Gasteiger partial charge is 0.195 e. The molecule has 3 aromatic carbocycles. The summed E-state index contributed by atoms with van der Waals surface area (Å²) in [7, 11) is 0. The molecule has 0 radical (unpaired) electrons. The van der Waals surface area contributed by atoms with Gasteiger partial charge in [-0.15, -0.1) is 0 Å². The van der Waals surface area contributed by atoms with Gasteiger partial charge in [0.05, 0.1) is 5.71 Å². The third kappa shape index (κ3) is 2.74. The van der Waals surface area contributed by atoms with Crippen molar-refractivity contribution in [2.24, 2.45) is 5.10 Å². The Balaban J connectivity index is 1.67. The minimum atomic E-state index is -0.431. The maximum atomic E-state index is 5.76. The monoisotopic (exact) mass is 381 g/mol. The van der Waals surface area contributed by atoms with Crippen LogP contribution in [0.4, 0.5) is 0 Å². The maximum Gasteiger partial charge on any atom is 0.195 e. The molecule has 3 aromatic rings. The van der Waals surface area contributed by atoms with Crippen LogP contribution in [0.15, 0.2) is 102 Å². The molecule has 0 saturated heterocycles. The molecule has 2 heterocycles. The van der Waals surface area contributed by atoms with E-state index in [1.54, 1.807) is 0 Å². The fourth-order valence-electron chi connectivity index (χ4n) is 3.96. The predicted molar refractivity (Wildman–Crippen MR) is 118 cm³/mol. The number of hydrazone groups is 1. The predicted octanol–water partition coefficient (Wildman–Crippen LogP) is 4.92. The van der Waals surface area contributed by atoms with Gasteiger partial charge in [-0.3, -0.25) is 0 Å². The molecule has 0 fully saturated rings. The van der Waals surface area contributed by atoms with Crippen LogP contribution in [-0.4, -0.2) is 15.8 Å². The molecule has 0 aliphatic carbocycles. The Labute approximate surface area is 170 Å². The van der Waals surface area contributed by atoms with E-state index in [0.717, 1.165) is 29.0 Å². The van der Waals surface area contributed by atoms with E-state index in [2.05, 4.69) is 59.9 Å². The standard InChI is InChI=1S/C24H19N3S/c28-23-25-21(18-10-4-1-5-11-18)16-24(20-14-8-3-9-15-20)17-22(26-27(23)24)19-12-6-2-7-13-19/h1-16H,17H2,(H,25,28). The van der Waals surface area contributed by atoms with Gasteiger partial charge in [0, 0.05) is 12.1 Å². The summed E-state index contributed by atoms with van der Waals surface area (Å²) in [5.41, 5.74) is 5.06. The highest BCUT2D eigenvalue weighted by Gasteiger charge is 2.47. The molecule has 1 atom stereocenters. The zero-order chi connectivity index (χ0) is 19.0. The molecule has 1 unspecified atom stereocenters. The summed E-state index contributed by atoms with van der Waals surface area (Å²) in [6, 6.07) is 31.1. The summed E-state index contributed by atoms with van der Waals surface area (Å²) in [5, 5.41) is 10.9. The van der Waals surface area contributed by atoms with E-state index in [9.17, 15) is 0 Å². The van der Waals surface area contributed by atoms with Gasteiger partial charge in [-0.1, -0.05) is 91.0 Å². The normalized spacial score (nSPS) is 20.9. The van der Waals surface area contributed by atoms with Gasteiger partial charge in [-0.25, -0.2) is 5.01 Å². The summed E-state index contributed by atoms with van der Waals surface area (Å²) >= 11 is 5.76. The van der Waals surface area contributed by atoms with Crippen molar-refractivity contribution in [2.75, 3.05) is 0 Å². The van der Waals surface area contributed by atoms with Crippen molar-refractivity contribution in [3.05, 3.63) is 114 Å². The number of nitrogens with one attached hydrogen (secondary N) is 1. The van der Waals surface area contributed by atoms with Gasteiger partial charge in [-0.2, -0.15) is 5.10 Å². The second kappa shape index (κ2) is 6.73. The van der Waals surface area contributed by atoms with Gasteiger partial charge in [-0.05, 0) is 35.0 Å². The molecule has 0 amide bonds. The molecule has 0 bridgehead atoms. The van der Waals surface area contributed by atoms with E-state index < -0.39 is 5.54 Å². The van der Waals surface area contributed by atoms with Gasteiger partial charge in [0.2, 0.25) is 0 Å². The number of hydrogen-bond acceptors (Lipinski definition) is 2. The molecular weight excluding hydrogens is 362 g/mol. The number of nitrogens with zero attached hydrogens (tertiary/aromatic N) is 2. The first-order valence-electron chi connectivity index (χ1n) is 9.34. The van der Waals surface area contributed by atoms with Crippen LogP contribution in [0, 0.1) is 0 Å². The summed E-state index contributed by atoms with van der Waals surface area (Å²) in [6.07, 6.45) is 3.03. The van der Waals surface area contributed by atoms with Crippen LogP contribution in [-0.2, 0) is 5.54 Å². The molecule has 2 aliphatic heterocycles. The van der Waals surface area contributed by atoms with Crippen LogP contribution in [0.2, 0.25) is 0 Å². The Bertz CT molecular complexity index is 1070. The van der Waals surface area contributed by atoms with Crippen molar-refractivity contribution < 1.29 is 0 Å². The molecule has 28 heavy (non-hydrogen) atoms. The highest BCUT2D eigenvalue weighted by atomic mass is 32.1. The molecule has 0 spiro atoms. The Morgan fingerprint density at radius 3 is 2.00 bits per heavy atom. The van der Waals surface area contributed by atoms with Crippen molar-refractivity contribution >= 4 is 28.7 Å². The molecule has 4 heteroatoms. The fraction of sp³-hybridized carbons (Fsp3) is 0.0833. The lowest BCUT2D eigenvalue weighted by Crippen LogP contribution is -2.50. The topological polar surface area (TPSA) is 27.6 Å². The molecule has 0 saturated carbocycles. The van der Waals surface area contributed by atoms with E-state index in [-0.39, 0.29) is 0 Å². The minimum absolute atomic E-state index is 0.431. The zero-order valence-electron chi connectivity index (χ0n) is 15.2. The summed E-state index contributed by atoms with van der Waals surface area (Å²) in [5.74, 6) is 0. The lowest BCUT2D eigenvalue weighted by molar-refractivity contribution is 0.266. The Morgan fingerprint density at radius 2 is 1.36 bits per heavy atom. The van der Waals surface area contributed by atoms with Gasteiger partial charge in [0.25, 0.3) is 0 Å². The van der Waals surface area contributed by atoms with Crippen molar-refractivity contribution in [3.63, 3.8) is 0 Å². The maximum absolute atomic E-state index is 5.76. The highest BCUT2D eigenvalue weighted by Crippen LogP contribution is 2.44. The van der Waals surface area contributed by atoms with Gasteiger partial charge < -0.3 is 5.32 Å². The number of rotatable bonds is 3. The third-order valence-electron chi connectivity index (χ3n) is 5.32. The van der Waals surface area contributed by atoms with Crippen molar-refractivity contribution in [1.82, 2.24) is 10.3 Å². The zero-order valence-corrected chi connectivity index (χ0v) is 16.1. The van der Waals surface area contributed by atoms with E-state index >= 15 is 0 Å². The Morgan fingerprint density at radius 1 is 0.786 bits per heavy atom. The number of benzene rings is 3.